The molecule has 1 aromatic carbocycles. The van der Waals surface area contributed by atoms with E-state index < -0.39 is 0 Å². The van der Waals surface area contributed by atoms with Crippen LogP contribution < -0.4 is 10.1 Å². The molecule has 2 fully saturated rings. The van der Waals surface area contributed by atoms with E-state index in [2.05, 4.69) is 10.2 Å². The van der Waals surface area contributed by atoms with E-state index >= 15 is 0 Å². The largest absolute Gasteiger partial charge is 0.488 e. The number of rotatable bonds is 2. The lowest BCUT2D eigenvalue weighted by molar-refractivity contribution is 0.0904. The van der Waals surface area contributed by atoms with Crippen LogP contribution in [0.4, 0.5) is 4.39 Å². The van der Waals surface area contributed by atoms with Crippen molar-refractivity contribution in [2.24, 2.45) is 0 Å². The molecule has 1 aliphatic carbocycles. The van der Waals surface area contributed by atoms with Crippen LogP contribution >= 0.6 is 0 Å². The minimum absolute atomic E-state index is 0.162. The molecule has 1 N–H and O–H groups in total. The number of benzene rings is 1. The summed E-state index contributed by atoms with van der Waals surface area (Å²) in [7, 11) is 0. The van der Waals surface area contributed by atoms with Gasteiger partial charge in [0, 0.05) is 43.7 Å². The highest BCUT2D eigenvalue weighted by atomic mass is 19.1. The second-order valence-electron chi connectivity index (χ2n) is 6.85. The van der Waals surface area contributed by atoms with Crippen LogP contribution in [-0.2, 0) is 6.42 Å². The zero-order valence-corrected chi connectivity index (χ0v) is 12.4. The molecule has 1 spiro atoms. The number of ether oxygens (including phenoxy) is 1. The van der Waals surface area contributed by atoms with Crippen LogP contribution in [0.15, 0.2) is 18.2 Å². The van der Waals surface area contributed by atoms with Crippen LogP contribution in [0.2, 0.25) is 0 Å². The van der Waals surface area contributed by atoms with Crippen LogP contribution in [-0.4, -0.2) is 42.7 Å². The number of halogens is 1. The quantitative estimate of drug-likeness (QED) is 0.905. The van der Waals surface area contributed by atoms with Gasteiger partial charge in [0.1, 0.15) is 17.7 Å². The molecule has 114 valence electrons. The SMILES string of the molecule is Fc1ccc2c(c1)CC(CN1CCNC3(CCCC3)C1)O2. The Labute approximate surface area is 125 Å². The van der Waals surface area contributed by atoms with Gasteiger partial charge >= 0.3 is 0 Å². The number of hydrogen-bond acceptors (Lipinski definition) is 3. The molecule has 2 aliphatic heterocycles. The van der Waals surface area contributed by atoms with E-state index in [1.165, 1.54) is 31.7 Å². The maximum absolute atomic E-state index is 13.3. The first kappa shape index (κ1) is 13.5. The molecule has 1 atom stereocenters. The first-order chi connectivity index (χ1) is 10.2. The Bertz CT molecular complexity index is 528. The summed E-state index contributed by atoms with van der Waals surface area (Å²) in [5.41, 5.74) is 1.38. The van der Waals surface area contributed by atoms with E-state index in [1.54, 1.807) is 12.1 Å². The molecule has 3 aliphatic rings. The lowest BCUT2D eigenvalue weighted by atomic mass is 9.94. The van der Waals surface area contributed by atoms with Gasteiger partial charge in [-0.2, -0.15) is 0 Å². The van der Waals surface area contributed by atoms with Crippen LogP contribution in [0.25, 0.3) is 0 Å². The van der Waals surface area contributed by atoms with Gasteiger partial charge in [0.05, 0.1) is 0 Å². The molecule has 3 nitrogen and oxygen atoms in total. The van der Waals surface area contributed by atoms with Gasteiger partial charge in [-0.15, -0.1) is 0 Å². The third-order valence-electron chi connectivity index (χ3n) is 5.24. The van der Waals surface area contributed by atoms with Gasteiger partial charge in [0.2, 0.25) is 0 Å². The van der Waals surface area contributed by atoms with Crippen molar-refractivity contribution in [2.45, 2.75) is 43.7 Å². The Morgan fingerprint density at radius 1 is 1.33 bits per heavy atom. The number of piperazine rings is 1. The van der Waals surface area contributed by atoms with E-state index in [0.717, 1.165) is 43.9 Å². The Morgan fingerprint density at radius 3 is 3.05 bits per heavy atom. The highest BCUT2D eigenvalue weighted by Crippen LogP contribution is 2.33. The fourth-order valence-corrected chi connectivity index (χ4v) is 4.26. The second-order valence-corrected chi connectivity index (χ2v) is 6.85. The molecular formula is C17H23FN2O. The summed E-state index contributed by atoms with van der Waals surface area (Å²) in [5.74, 6) is 0.706. The van der Waals surface area contributed by atoms with Gasteiger partial charge in [-0.3, -0.25) is 4.90 Å². The zero-order valence-electron chi connectivity index (χ0n) is 12.4. The maximum atomic E-state index is 13.3. The molecule has 1 unspecified atom stereocenters. The summed E-state index contributed by atoms with van der Waals surface area (Å²) in [5, 5.41) is 3.74. The lowest BCUT2D eigenvalue weighted by Gasteiger charge is -2.42. The molecule has 1 saturated heterocycles. The molecule has 1 saturated carbocycles. The van der Waals surface area contributed by atoms with Crippen molar-refractivity contribution in [3.8, 4) is 5.75 Å². The van der Waals surface area contributed by atoms with Crippen molar-refractivity contribution in [3.63, 3.8) is 0 Å². The third kappa shape index (κ3) is 2.67. The Balaban J connectivity index is 1.39. The molecule has 0 radical (unpaired) electrons. The fourth-order valence-electron chi connectivity index (χ4n) is 4.26. The van der Waals surface area contributed by atoms with Crippen molar-refractivity contribution in [3.05, 3.63) is 29.6 Å². The van der Waals surface area contributed by atoms with E-state index in [-0.39, 0.29) is 11.9 Å². The van der Waals surface area contributed by atoms with Gasteiger partial charge in [0.25, 0.3) is 0 Å². The number of nitrogens with one attached hydrogen (secondary N) is 1. The summed E-state index contributed by atoms with van der Waals surface area (Å²) < 4.78 is 19.3. The molecule has 4 heteroatoms. The first-order valence-corrected chi connectivity index (χ1v) is 8.15. The monoisotopic (exact) mass is 290 g/mol. The highest BCUT2D eigenvalue weighted by molar-refractivity contribution is 5.38. The minimum atomic E-state index is -0.162. The molecule has 0 aromatic heterocycles. The molecular weight excluding hydrogens is 267 g/mol. The Hall–Kier alpha value is -1.13. The molecule has 4 rings (SSSR count). The first-order valence-electron chi connectivity index (χ1n) is 8.15. The smallest absolute Gasteiger partial charge is 0.123 e. The number of nitrogens with zero attached hydrogens (tertiary/aromatic N) is 1. The van der Waals surface area contributed by atoms with E-state index in [1.807, 2.05) is 0 Å². The van der Waals surface area contributed by atoms with E-state index in [4.69, 9.17) is 4.74 Å². The highest BCUT2D eigenvalue weighted by Gasteiger charge is 2.38. The van der Waals surface area contributed by atoms with Crippen molar-refractivity contribution in [1.29, 1.82) is 0 Å². The van der Waals surface area contributed by atoms with Crippen molar-refractivity contribution in [2.75, 3.05) is 26.2 Å². The van der Waals surface area contributed by atoms with Crippen LogP contribution in [0, 0.1) is 5.82 Å². The van der Waals surface area contributed by atoms with Crippen molar-refractivity contribution in [1.82, 2.24) is 10.2 Å². The molecule has 21 heavy (non-hydrogen) atoms. The van der Waals surface area contributed by atoms with Gasteiger partial charge in [-0.1, -0.05) is 12.8 Å². The Morgan fingerprint density at radius 2 is 2.19 bits per heavy atom. The van der Waals surface area contributed by atoms with Crippen LogP contribution in [0.5, 0.6) is 5.75 Å². The van der Waals surface area contributed by atoms with E-state index in [0.29, 0.717) is 5.54 Å². The summed E-state index contributed by atoms with van der Waals surface area (Å²) >= 11 is 0. The zero-order chi connectivity index (χ0) is 14.3. The minimum Gasteiger partial charge on any atom is -0.488 e. The molecule has 0 bridgehead atoms. The normalized spacial score (nSPS) is 27.8. The molecule has 1 aromatic rings. The fraction of sp³-hybridized carbons (Fsp3) is 0.647. The van der Waals surface area contributed by atoms with Gasteiger partial charge in [-0.05, 0) is 31.0 Å². The number of fused-ring (bicyclic) bond motifs is 1. The van der Waals surface area contributed by atoms with Crippen molar-refractivity contribution < 1.29 is 9.13 Å². The van der Waals surface area contributed by atoms with Crippen molar-refractivity contribution >= 4 is 0 Å². The second kappa shape index (κ2) is 5.25. The van der Waals surface area contributed by atoms with Gasteiger partial charge in [0.15, 0.2) is 0 Å². The molecule has 2 heterocycles. The summed E-state index contributed by atoms with van der Waals surface area (Å²) in [6, 6.07) is 4.87. The maximum Gasteiger partial charge on any atom is 0.123 e. The number of hydrogen-bond donors (Lipinski definition) is 1. The Kier molecular flexibility index (Phi) is 3.38. The van der Waals surface area contributed by atoms with Gasteiger partial charge < -0.3 is 10.1 Å². The summed E-state index contributed by atoms with van der Waals surface area (Å²) in [6.07, 6.45) is 6.33. The average Bonchev–Trinajstić information content (AvgIpc) is 3.05. The summed E-state index contributed by atoms with van der Waals surface area (Å²) in [4.78, 5) is 2.54. The van der Waals surface area contributed by atoms with Crippen LogP contribution in [0.3, 0.4) is 0 Å². The van der Waals surface area contributed by atoms with Crippen LogP contribution in [0.1, 0.15) is 31.2 Å². The topological polar surface area (TPSA) is 24.5 Å². The summed E-state index contributed by atoms with van der Waals surface area (Å²) in [6.45, 7) is 4.26. The predicted octanol–water partition coefficient (Wildman–Crippen LogP) is 2.35. The van der Waals surface area contributed by atoms with Gasteiger partial charge in [-0.25, -0.2) is 4.39 Å². The standard InChI is InChI=1S/C17H23FN2O/c18-14-3-4-16-13(9-14)10-15(21-16)11-20-8-7-19-17(12-20)5-1-2-6-17/h3-4,9,15,19H,1-2,5-8,10-12H2. The lowest BCUT2D eigenvalue weighted by Crippen LogP contribution is -2.60. The van der Waals surface area contributed by atoms with E-state index in [9.17, 15) is 4.39 Å². The predicted molar refractivity (Wildman–Crippen MR) is 80.2 cm³/mol. The average molecular weight is 290 g/mol. The third-order valence-corrected chi connectivity index (χ3v) is 5.24. The molecule has 0 amide bonds.